The standard InChI is InChI=1S/C14H9BrF4/c1-7-2-8(4-9(16)3-7)14(15)10-5-12(18)13(19)6-11(10)17/h2-6,14H,1H3. The van der Waals surface area contributed by atoms with Crippen LogP contribution in [0, 0.1) is 30.2 Å². The van der Waals surface area contributed by atoms with Gasteiger partial charge in [0.25, 0.3) is 0 Å². The van der Waals surface area contributed by atoms with E-state index in [9.17, 15) is 17.6 Å². The third-order valence-corrected chi connectivity index (χ3v) is 3.69. The summed E-state index contributed by atoms with van der Waals surface area (Å²) in [6.45, 7) is 1.69. The maximum atomic E-state index is 13.6. The summed E-state index contributed by atoms with van der Waals surface area (Å²) in [5, 5.41) is 0. The first-order valence-electron chi connectivity index (χ1n) is 5.44. The van der Waals surface area contributed by atoms with Gasteiger partial charge in [0, 0.05) is 11.6 Å². The van der Waals surface area contributed by atoms with Gasteiger partial charge in [-0.2, -0.15) is 0 Å². The number of halogens is 5. The van der Waals surface area contributed by atoms with Crippen LogP contribution in [-0.2, 0) is 0 Å². The second-order valence-corrected chi connectivity index (χ2v) is 5.13. The molecule has 0 heterocycles. The van der Waals surface area contributed by atoms with E-state index in [2.05, 4.69) is 15.9 Å². The predicted molar refractivity (Wildman–Crippen MR) is 68.2 cm³/mol. The largest absolute Gasteiger partial charge is 0.207 e. The van der Waals surface area contributed by atoms with E-state index in [4.69, 9.17) is 0 Å². The van der Waals surface area contributed by atoms with Crippen LogP contribution in [0.1, 0.15) is 21.5 Å². The second-order valence-electron chi connectivity index (χ2n) is 4.21. The van der Waals surface area contributed by atoms with Crippen LogP contribution in [0.15, 0.2) is 30.3 Å². The molecule has 1 unspecified atom stereocenters. The highest BCUT2D eigenvalue weighted by molar-refractivity contribution is 9.09. The fourth-order valence-corrected chi connectivity index (χ4v) is 2.44. The molecule has 0 radical (unpaired) electrons. The molecule has 0 aliphatic rings. The lowest BCUT2D eigenvalue weighted by atomic mass is 10.0. The van der Waals surface area contributed by atoms with E-state index in [1.54, 1.807) is 13.0 Å². The van der Waals surface area contributed by atoms with Crippen molar-refractivity contribution >= 4 is 15.9 Å². The lowest BCUT2D eigenvalue weighted by Crippen LogP contribution is -2.00. The van der Waals surface area contributed by atoms with Gasteiger partial charge in [0.15, 0.2) is 11.6 Å². The lowest BCUT2D eigenvalue weighted by molar-refractivity contribution is 0.491. The summed E-state index contributed by atoms with van der Waals surface area (Å²) in [7, 11) is 0. The van der Waals surface area contributed by atoms with E-state index in [0.29, 0.717) is 17.2 Å². The molecule has 0 fully saturated rings. The van der Waals surface area contributed by atoms with E-state index in [1.165, 1.54) is 12.1 Å². The average molecular weight is 333 g/mol. The number of hydrogen-bond acceptors (Lipinski definition) is 0. The molecule has 0 saturated heterocycles. The maximum absolute atomic E-state index is 13.6. The Kier molecular flexibility index (Phi) is 3.94. The number of aryl methyl sites for hydroxylation is 1. The van der Waals surface area contributed by atoms with Crippen LogP contribution in [0.5, 0.6) is 0 Å². The van der Waals surface area contributed by atoms with E-state index >= 15 is 0 Å². The monoisotopic (exact) mass is 332 g/mol. The molecule has 0 bridgehead atoms. The predicted octanol–water partition coefficient (Wildman–Crippen LogP) is 5.04. The summed E-state index contributed by atoms with van der Waals surface area (Å²) < 4.78 is 53.0. The summed E-state index contributed by atoms with van der Waals surface area (Å²) in [4.78, 5) is -0.753. The SMILES string of the molecule is Cc1cc(F)cc(C(Br)c2cc(F)c(F)cc2F)c1. The lowest BCUT2D eigenvalue weighted by Gasteiger charge is -2.13. The number of hydrogen-bond donors (Lipinski definition) is 0. The Morgan fingerprint density at radius 2 is 1.47 bits per heavy atom. The van der Waals surface area contributed by atoms with Gasteiger partial charge in [-0.25, -0.2) is 17.6 Å². The fraction of sp³-hybridized carbons (Fsp3) is 0.143. The molecular weight excluding hydrogens is 324 g/mol. The molecule has 1 atom stereocenters. The molecule has 0 nitrogen and oxygen atoms in total. The molecule has 0 saturated carbocycles. The van der Waals surface area contributed by atoms with E-state index in [1.807, 2.05) is 0 Å². The van der Waals surface area contributed by atoms with Crippen molar-refractivity contribution in [3.8, 4) is 0 Å². The highest BCUT2D eigenvalue weighted by atomic mass is 79.9. The van der Waals surface area contributed by atoms with Gasteiger partial charge in [0.05, 0.1) is 4.83 Å². The Bertz CT molecular complexity index is 605. The third kappa shape index (κ3) is 2.97. The number of alkyl halides is 1. The minimum atomic E-state index is -1.25. The van der Waals surface area contributed by atoms with Crippen LogP contribution in [0.2, 0.25) is 0 Å². The molecule has 100 valence electrons. The molecule has 0 aliphatic carbocycles. The maximum Gasteiger partial charge on any atom is 0.161 e. The van der Waals surface area contributed by atoms with Crippen molar-refractivity contribution in [1.29, 1.82) is 0 Å². The fourth-order valence-electron chi connectivity index (χ4n) is 1.82. The highest BCUT2D eigenvalue weighted by Gasteiger charge is 2.19. The van der Waals surface area contributed by atoms with Crippen molar-refractivity contribution in [3.63, 3.8) is 0 Å². The van der Waals surface area contributed by atoms with Crippen molar-refractivity contribution in [2.45, 2.75) is 11.8 Å². The summed E-state index contributed by atoms with van der Waals surface area (Å²) in [5.41, 5.74) is 1.01. The van der Waals surface area contributed by atoms with Crippen LogP contribution in [0.3, 0.4) is 0 Å². The van der Waals surface area contributed by atoms with Crippen molar-refractivity contribution in [3.05, 3.63) is 70.3 Å². The van der Waals surface area contributed by atoms with Gasteiger partial charge in [-0.15, -0.1) is 0 Å². The van der Waals surface area contributed by atoms with Crippen LogP contribution >= 0.6 is 15.9 Å². The van der Waals surface area contributed by atoms with Crippen molar-refractivity contribution < 1.29 is 17.6 Å². The Morgan fingerprint density at radius 1 is 0.842 bits per heavy atom. The van der Waals surface area contributed by atoms with Gasteiger partial charge in [0.1, 0.15) is 11.6 Å². The topological polar surface area (TPSA) is 0 Å². The molecule has 5 heteroatoms. The third-order valence-electron chi connectivity index (χ3n) is 2.67. The Morgan fingerprint density at radius 3 is 2.11 bits per heavy atom. The van der Waals surface area contributed by atoms with E-state index < -0.39 is 28.1 Å². The van der Waals surface area contributed by atoms with Crippen LogP contribution in [0.25, 0.3) is 0 Å². The number of benzene rings is 2. The molecule has 2 aromatic carbocycles. The summed E-state index contributed by atoms with van der Waals surface area (Å²) >= 11 is 3.18. The number of rotatable bonds is 2. The van der Waals surface area contributed by atoms with Crippen LogP contribution in [-0.4, -0.2) is 0 Å². The first-order valence-corrected chi connectivity index (χ1v) is 6.35. The minimum absolute atomic E-state index is 0.0797. The van der Waals surface area contributed by atoms with Gasteiger partial charge < -0.3 is 0 Å². The van der Waals surface area contributed by atoms with Gasteiger partial charge >= 0.3 is 0 Å². The molecule has 2 aromatic rings. The zero-order valence-corrected chi connectivity index (χ0v) is 11.4. The van der Waals surface area contributed by atoms with Crippen molar-refractivity contribution in [2.75, 3.05) is 0 Å². The second kappa shape index (κ2) is 5.33. The van der Waals surface area contributed by atoms with E-state index in [-0.39, 0.29) is 5.56 Å². The van der Waals surface area contributed by atoms with E-state index in [0.717, 1.165) is 6.07 Å². The van der Waals surface area contributed by atoms with Crippen LogP contribution < -0.4 is 0 Å². The molecule has 2 rings (SSSR count). The van der Waals surface area contributed by atoms with Crippen LogP contribution in [0.4, 0.5) is 17.6 Å². The highest BCUT2D eigenvalue weighted by Crippen LogP contribution is 2.34. The summed E-state index contributed by atoms with van der Waals surface area (Å²) in [6.07, 6.45) is 0. The smallest absolute Gasteiger partial charge is 0.161 e. The molecule has 0 spiro atoms. The van der Waals surface area contributed by atoms with Crippen molar-refractivity contribution in [2.24, 2.45) is 0 Å². The molecule has 0 aromatic heterocycles. The Balaban J connectivity index is 2.49. The first kappa shape index (κ1) is 14.1. The zero-order chi connectivity index (χ0) is 14.2. The molecule has 19 heavy (non-hydrogen) atoms. The molecule has 0 aliphatic heterocycles. The van der Waals surface area contributed by atoms with Gasteiger partial charge in [-0.3, -0.25) is 0 Å². The van der Waals surface area contributed by atoms with Gasteiger partial charge in [-0.05, 0) is 36.2 Å². The summed E-state index contributed by atoms with van der Waals surface area (Å²) in [5.74, 6) is -3.75. The Labute approximate surface area is 116 Å². The average Bonchev–Trinajstić information content (AvgIpc) is 2.31. The normalized spacial score (nSPS) is 12.5. The summed E-state index contributed by atoms with van der Waals surface area (Å²) in [6, 6.07) is 5.43. The van der Waals surface area contributed by atoms with Gasteiger partial charge in [-0.1, -0.05) is 22.0 Å². The Hall–Kier alpha value is -1.36. The molecular formula is C14H9BrF4. The zero-order valence-electron chi connectivity index (χ0n) is 9.85. The van der Waals surface area contributed by atoms with Crippen molar-refractivity contribution in [1.82, 2.24) is 0 Å². The molecule has 0 amide bonds. The first-order chi connectivity index (χ1) is 8.88. The molecule has 0 N–H and O–H groups in total. The van der Waals surface area contributed by atoms with Gasteiger partial charge in [0.2, 0.25) is 0 Å². The minimum Gasteiger partial charge on any atom is -0.207 e. The quantitative estimate of drug-likeness (QED) is 0.411.